The Morgan fingerprint density at radius 3 is 2.74 bits per heavy atom. The molecule has 0 saturated carbocycles. The van der Waals surface area contributed by atoms with Gasteiger partial charge >= 0.3 is 5.97 Å². The first-order valence-electron chi connectivity index (χ1n) is 5.87. The van der Waals surface area contributed by atoms with Gasteiger partial charge in [0.05, 0.1) is 6.04 Å². The third-order valence-corrected chi connectivity index (χ3v) is 3.16. The summed E-state index contributed by atoms with van der Waals surface area (Å²) in [6, 6.07) is 6.86. The zero-order valence-corrected chi connectivity index (χ0v) is 12.3. The van der Waals surface area contributed by atoms with Crippen LogP contribution >= 0.6 is 15.9 Å². The van der Waals surface area contributed by atoms with E-state index in [1.165, 1.54) is 4.90 Å². The van der Waals surface area contributed by atoms with Crippen molar-refractivity contribution in [2.45, 2.75) is 25.4 Å². The zero-order chi connectivity index (χ0) is 14.4. The molecule has 0 aromatic heterocycles. The predicted octanol–water partition coefficient (Wildman–Crippen LogP) is 1.60. The van der Waals surface area contributed by atoms with Crippen molar-refractivity contribution in [2.75, 3.05) is 7.05 Å². The van der Waals surface area contributed by atoms with Gasteiger partial charge in [0.1, 0.15) is 0 Å². The normalized spacial score (nSPS) is 11.9. The Bertz CT molecular complexity index is 465. The molecule has 1 amide bonds. The van der Waals surface area contributed by atoms with Gasteiger partial charge in [0, 0.05) is 24.5 Å². The molecule has 104 valence electrons. The third kappa shape index (κ3) is 5.40. The van der Waals surface area contributed by atoms with Crippen LogP contribution in [-0.4, -0.2) is 35.0 Å². The maximum absolute atomic E-state index is 11.9. The van der Waals surface area contributed by atoms with Crippen LogP contribution in [0.15, 0.2) is 28.7 Å². The Labute approximate surface area is 120 Å². The lowest BCUT2D eigenvalue weighted by Crippen LogP contribution is -2.41. The highest BCUT2D eigenvalue weighted by Crippen LogP contribution is 2.13. The number of benzene rings is 1. The molecular weight excluding hydrogens is 312 g/mol. The van der Waals surface area contributed by atoms with Crippen LogP contribution in [-0.2, 0) is 16.1 Å². The van der Waals surface area contributed by atoms with Crippen LogP contribution in [0.3, 0.4) is 0 Å². The van der Waals surface area contributed by atoms with E-state index in [-0.39, 0.29) is 18.7 Å². The highest BCUT2D eigenvalue weighted by Gasteiger charge is 2.19. The fourth-order valence-corrected chi connectivity index (χ4v) is 2.12. The van der Waals surface area contributed by atoms with Crippen molar-refractivity contribution in [2.24, 2.45) is 5.73 Å². The van der Waals surface area contributed by atoms with Crippen LogP contribution in [0.25, 0.3) is 0 Å². The van der Waals surface area contributed by atoms with Crippen molar-refractivity contribution in [3.8, 4) is 0 Å². The quantitative estimate of drug-likeness (QED) is 0.830. The summed E-state index contributed by atoms with van der Waals surface area (Å²) in [5.74, 6) is -1.20. The average Bonchev–Trinajstić information content (AvgIpc) is 2.34. The molecule has 1 unspecified atom stereocenters. The summed E-state index contributed by atoms with van der Waals surface area (Å²) in [4.78, 5) is 23.9. The standard InChI is InChI=1S/C13H17BrN2O3/c1-16(8-9-3-2-4-10(14)7-9)13(19)11(15)5-6-12(17)18/h2-4,7,11H,5-6,8,15H2,1H3,(H,17,18). The number of carbonyl (C=O) groups is 2. The summed E-state index contributed by atoms with van der Waals surface area (Å²) in [5.41, 5.74) is 6.67. The Kier molecular flexibility index (Phi) is 5.98. The Morgan fingerprint density at radius 2 is 2.16 bits per heavy atom. The number of carbonyl (C=O) groups excluding carboxylic acids is 1. The molecule has 0 bridgehead atoms. The summed E-state index contributed by atoms with van der Waals surface area (Å²) in [5, 5.41) is 8.56. The number of nitrogens with two attached hydrogens (primary N) is 1. The molecule has 1 atom stereocenters. The monoisotopic (exact) mass is 328 g/mol. The SMILES string of the molecule is CN(Cc1cccc(Br)c1)C(=O)C(N)CCC(=O)O. The largest absolute Gasteiger partial charge is 0.481 e. The fourth-order valence-electron chi connectivity index (χ4n) is 1.67. The smallest absolute Gasteiger partial charge is 0.303 e. The van der Waals surface area contributed by atoms with Crippen molar-refractivity contribution in [3.63, 3.8) is 0 Å². The molecule has 5 nitrogen and oxygen atoms in total. The highest BCUT2D eigenvalue weighted by molar-refractivity contribution is 9.10. The van der Waals surface area contributed by atoms with E-state index in [4.69, 9.17) is 10.8 Å². The Hall–Kier alpha value is -1.40. The number of rotatable bonds is 6. The number of hydrogen-bond acceptors (Lipinski definition) is 3. The van der Waals surface area contributed by atoms with Crippen molar-refractivity contribution in [1.29, 1.82) is 0 Å². The number of carboxylic acid groups (broad SMARTS) is 1. The van der Waals surface area contributed by atoms with Gasteiger partial charge in [0.15, 0.2) is 0 Å². The van der Waals surface area contributed by atoms with Gasteiger partial charge in [-0.25, -0.2) is 0 Å². The first-order chi connectivity index (χ1) is 8.90. The lowest BCUT2D eigenvalue weighted by atomic mass is 10.1. The first-order valence-corrected chi connectivity index (χ1v) is 6.66. The molecule has 0 saturated heterocycles. The minimum absolute atomic E-state index is 0.0996. The van der Waals surface area contributed by atoms with E-state index in [0.29, 0.717) is 6.54 Å². The molecule has 0 aliphatic carbocycles. The molecule has 0 aliphatic heterocycles. The number of likely N-dealkylation sites (N-methyl/N-ethyl adjacent to an activating group) is 1. The second-order valence-corrected chi connectivity index (χ2v) is 5.28. The summed E-state index contributed by atoms with van der Waals surface area (Å²) >= 11 is 3.37. The van der Waals surface area contributed by atoms with Crippen LogP contribution in [0.1, 0.15) is 18.4 Å². The zero-order valence-electron chi connectivity index (χ0n) is 10.7. The van der Waals surface area contributed by atoms with Crippen molar-refractivity contribution < 1.29 is 14.7 Å². The fraction of sp³-hybridized carbons (Fsp3) is 0.385. The average molecular weight is 329 g/mol. The summed E-state index contributed by atoms with van der Waals surface area (Å²) in [6.45, 7) is 0.443. The van der Waals surface area contributed by atoms with E-state index >= 15 is 0 Å². The van der Waals surface area contributed by atoms with Crippen molar-refractivity contribution >= 4 is 27.8 Å². The molecular formula is C13H17BrN2O3. The molecule has 0 fully saturated rings. The molecule has 0 radical (unpaired) electrons. The van der Waals surface area contributed by atoms with Crippen molar-refractivity contribution in [3.05, 3.63) is 34.3 Å². The molecule has 0 aliphatic rings. The molecule has 1 aromatic rings. The van der Waals surface area contributed by atoms with E-state index in [9.17, 15) is 9.59 Å². The van der Waals surface area contributed by atoms with Gasteiger partial charge in [-0.3, -0.25) is 9.59 Å². The first kappa shape index (κ1) is 15.7. The number of carboxylic acids is 1. The number of aliphatic carboxylic acids is 1. The van der Waals surface area contributed by atoms with E-state index in [0.717, 1.165) is 10.0 Å². The Balaban J connectivity index is 2.54. The number of hydrogen-bond donors (Lipinski definition) is 2. The van der Waals surface area contributed by atoms with Gasteiger partial charge in [0.25, 0.3) is 0 Å². The van der Waals surface area contributed by atoms with Gasteiger partial charge in [-0.15, -0.1) is 0 Å². The van der Waals surface area contributed by atoms with Crippen LogP contribution in [0, 0.1) is 0 Å². The van der Waals surface area contributed by atoms with E-state index < -0.39 is 12.0 Å². The lowest BCUT2D eigenvalue weighted by molar-refractivity contribution is -0.137. The maximum Gasteiger partial charge on any atom is 0.303 e. The summed E-state index contributed by atoms with van der Waals surface area (Å²) < 4.78 is 0.945. The summed E-state index contributed by atoms with van der Waals surface area (Å²) in [7, 11) is 1.66. The molecule has 3 N–H and O–H groups in total. The predicted molar refractivity (Wildman–Crippen MR) is 75.5 cm³/mol. The van der Waals surface area contributed by atoms with Crippen LogP contribution < -0.4 is 5.73 Å². The second kappa shape index (κ2) is 7.25. The van der Waals surface area contributed by atoms with Crippen LogP contribution in [0.5, 0.6) is 0 Å². The molecule has 0 heterocycles. The third-order valence-electron chi connectivity index (χ3n) is 2.67. The number of amides is 1. The van der Waals surface area contributed by atoms with Gasteiger partial charge in [0.2, 0.25) is 5.91 Å². The van der Waals surface area contributed by atoms with Gasteiger partial charge < -0.3 is 15.7 Å². The molecule has 19 heavy (non-hydrogen) atoms. The van der Waals surface area contributed by atoms with E-state index in [2.05, 4.69) is 15.9 Å². The maximum atomic E-state index is 11.9. The lowest BCUT2D eigenvalue weighted by Gasteiger charge is -2.21. The van der Waals surface area contributed by atoms with Crippen molar-refractivity contribution in [1.82, 2.24) is 4.90 Å². The van der Waals surface area contributed by atoms with E-state index in [1.54, 1.807) is 7.05 Å². The van der Waals surface area contributed by atoms with Crippen LogP contribution in [0.4, 0.5) is 0 Å². The topological polar surface area (TPSA) is 83.6 Å². The number of nitrogens with zero attached hydrogens (tertiary/aromatic N) is 1. The Morgan fingerprint density at radius 1 is 1.47 bits per heavy atom. The minimum Gasteiger partial charge on any atom is -0.481 e. The summed E-state index contributed by atoms with van der Waals surface area (Å²) in [6.07, 6.45) is 0.0502. The molecule has 1 aromatic carbocycles. The van der Waals surface area contributed by atoms with Gasteiger partial charge in [-0.2, -0.15) is 0 Å². The van der Waals surface area contributed by atoms with Gasteiger partial charge in [-0.1, -0.05) is 28.1 Å². The van der Waals surface area contributed by atoms with Gasteiger partial charge in [-0.05, 0) is 24.1 Å². The molecule has 1 rings (SSSR count). The molecule has 0 spiro atoms. The minimum atomic E-state index is -0.946. The van der Waals surface area contributed by atoms with E-state index in [1.807, 2.05) is 24.3 Å². The second-order valence-electron chi connectivity index (χ2n) is 4.36. The highest BCUT2D eigenvalue weighted by atomic mass is 79.9. The van der Waals surface area contributed by atoms with Crippen LogP contribution in [0.2, 0.25) is 0 Å². The number of halogens is 1. The molecule has 6 heteroatoms.